The number of aliphatic hydroxyl groups is 1. The summed E-state index contributed by atoms with van der Waals surface area (Å²) in [6.07, 6.45) is 1.88. The standard InChI is InChI=1S/C17H23N3O2S/c1-11-5-4-6-12(2)15(11)22-9-14(21)10-23-17-19-18-16(20(17)3)13-7-8-13/h4-6,13-14,21H,7-10H2,1-3H3. The molecular weight excluding hydrogens is 310 g/mol. The van der Waals surface area contributed by atoms with Gasteiger partial charge < -0.3 is 14.4 Å². The highest BCUT2D eigenvalue weighted by Crippen LogP contribution is 2.39. The van der Waals surface area contributed by atoms with Gasteiger partial charge in [0.2, 0.25) is 0 Å². The fraction of sp³-hybridized carbons (Fsp3) is 0.529. The molecule has 6 heteroatoms. The van der Waals surface area contributed by atoms with E-state index in [2.05, 4.69) is 10.2 Å². The highest BCUT2D eigenvalue weighted by Gasteiger charge is 2.29. The first-order chi connectivity index (χ1) is 11.1. The molecule has 0 spiro atoms. The van der Waals surface area contributed by atoms with Gasteiger partial charge in [0.25, 0.3) is 0 Å². The number of hydrogen-bond acceptors (Lipinski definition) is 5. The van der Waals surface area contributed by atoms with E-state index < -0.39 is 6.10 Å². The Hall–Kier alpha value is -1.53. The normalized spacial score (nSPS) is 15.7. The van der Waals surface area contributed by atoms with E-state index in [1.165, 1.54) is 24.6 Å². The molecule has 5 nitrogen and oxygen atoms in total. The summed E-state index contributed by atoms with van der Waals surface area (Å²) in [5.41, 5.74) is 2.18. The van der Waals surface area contributed by atoms with Gasteiger partial charge in [0.15, 0.2) is 5.16 Å². The van der Waals surface area contributed by atoms with Gasteiger partial charge in [0, 0.05) is 18.7 Å². The lowest BCUT2D eigenvalue weighted by atomic mass is 10.1. The second kappa shape index (κ2) is 6.93. The molecule has 1 N–H and O–H groups in total. The summed E-state index contributed by atoms with van der Waals surface area (Å²) < 4.78 is 7.84. The van der Waals surface area contributed by atoms with E-state index in [0.29, 0.717) is 11.7 Å². The smallest absolute Gasteiger partial charge is 0.191 e. The van der Waals surface area contributed by atoms with E-state index in [1.807, 2.05) is 43.7 Å². The van der Waals surface area contributed by atoms with Crippen molar-refractivity contribution in [3.05, 3.63) is 35.2 Å². The molecule has 1 saturated carbocycles. The zero-order valence-corrected chi connectivity index (χ0v) is 14.6. The number of para-hydroxylation sites is 1. The molecule has 1 fully saturated rings. The Kier molecular flexibility index (Phi) is 4.92. The molecule has 1 heterocycles. The quantitative estimate of drug-likeness (QED) is 0.790. The van der Waals surface area contributed by atoms with Crippen LogP contribution < -0.4 is 4.74 Å². The average Bonchev–Trinajstić information content (AvgIpc) is 3.29. The van der Waals surface area contributed by atoms with Crippen LogP contribution in [0.5, 0.6) is 5.75 Å². The monoisotopic (exact) mass is 333 g/mol. The Morgan fingerprint density at radius 2 is 2.00 bits per heavy atom. The summed E-state index contributed by atoms with van der Waals surface area (Å²) in [6, 6.07) is 6.04. The minimum absolute atomic E-state index is 0.284. The highest BCUT2D eigenvalue weighted by molar-refractivity contribution is 7.99. The summed E-state index contributed by atoms with van der Waals surface area (Å²) in [5.74, 6) is 3.06. The summed E-state index contributed by atoms with van der Waals surface area (Å²) in [4.78, 5) is 0. The number of aromatic nitrogens is 3. The molecule has 1 aromatic heterocycles. The zero-order valence-electron chi connectivity index (χ0n) is 13.8. The summed E-state index contributed by atoms with van der Waals surface area (Å²) in [5, 5.41) is 19.5. The van der Waals surface area contributed by atoms with E-state index in [9.17, 15) is 5.11 Å². The molecule has 2 aromatic rings. The molecule has 0 aliphatic heterocycles. The van der Waals surface area contributed by atoms with Crippen LogP contribution in [0.25, 0.3) is 0 Å². The van der Waals surface area contributed by atoms with Crippen LogP contribution in [0.15, 0.2) is 23.4 Å². The molecule has 1 aromatic carbocycles. The van der Waals surface area contributed by atoms with Crippen molar-refractivity contribution in [2.45, 2.75) is 43.9 Å². The minimum atomic E-state index is -0.542. The number of aryl methyl sites for hydroxylation is 2. The van der Waals surface area contributed by atoms with Crippen LogP contribution in [0.1, 0.15) is 35.7 Å². The number of nitrogens with zero attached hydrogens (tertiary/aromatic N) is 3. The fourth-order valence-electron chi connectivity index (χ4n) is 2.57. The highest BCUT2D eigenvalue weighted by atomic mass is 32.2. The zero-order chi connectivity index (χ0) is 16.4. The first-order valence-corrected chi connectivity index (χ1v) is 8.94. The topological polar surface area (TPSA) is 60.2 Å². The van der Waals surface area contributed by atoms with Gasteiger partial charge in [0.1, 0.15) is 18.2 Å². The maximum Gasteiger partial charge on any atom is 0.191 e. The van der Waals surface area contributed by atoms with Crippen molar-refractivity contribution in [3.8, 4) is 5.75 Å². The van der Waals surface area contributed by atoms with Gasteiger partial charge in [-0.15, -0.1) is 10.2 Å². The Balaban J connectivity index is 1.51. The Morgan fingerprint density at radius 3 is 2.65 bits per heavy atom. The Bertz CT molecular complexity index is 662. The minimum Gasteiger partial charge on any atom is -0.490 e. The number of rotatable bonds is 7. The summed E-state index contributed by atoms with van der Waals surface area (Å²) in [7, 11) is 2.00. The van der Waals surface area contributed by atoms with Gasteiger partial charge in [-0.25, -0.2) is 0 Å². The number of aliphatic hydroxyl groups excluding tert-OH is 1. The fourth-order valence-corrected chi connectivity index (χ4v) is 3.40. The Morgan fingerprint density at radius 1 is 1.30 bits per heavy atom. The van der Waals surface area contributed by atoms with Crippen molar-refractivity contribution in [2.75, 3.05) is 12.4 Å². The maximum atomic E-state index is 10.2. The SMILES string of the molecule is Cc1cccc(C)c1OCC(O)CSc1nnc(C2CC2)n1C. The lowest BCUT2D eigenvalue weighted by molar-refractivity contribution is 0.125. The van der Waals surface area contributed by atoms with Crippen LogP contribution in [0.4, 0.5) is 0 Å². The van der Waals surface area contributed by atoms with E-state index in [0.717, 1.165) is 27.9 Å². The van der Waals surface area contributed by atoms with Gasteiger partial charge in [-0.2, -0.15) is 0 Å². The average molecular weight is 333 g/mol. The molecule has 23 heavy (non-hydrogen) atoms. The van der Waals surface area contributed by atoms with Gasteiger partial charge in [0.05, 0.1) is 6.10 Å². The predicted molar refractivity (Wildman–Crippen MR) is 91.1 cm³/mol. The van der Waals surface area contributed by atoms with E-state index in [4.69, 9.17) is 4.74 Å². The maximum absolute atomic E-state index is 10.2. The molecule has 124 valence electrons. The molecule has 0 radical (unpaired) electrons. The van der Waals surface area contributed by atoms with Gasteiger partial charge in [-0.05, 0) is 37.8 Å². The van der Waals surface area contributed by atoms with Crippen molar-refractivity contribution in [2.24, 2.45) is 7.05 Å². The number of hydrogen-bond donors (Lipinski definition) is 1. The molecular formula is C17H23N3O2S. The molecule has 1 aliphatic rings. The third kappa shape index (κ3) is 3.87. The first-order valence-electron chi connectivity index (χ1n) is 7.95. The third-order valence-electron chi connectivity index (χ3n) is 4.04. The molecule has 0 saturated heterocycles. The lowest BCUT2D eigenvalue weighted by Crippen LogP contribution is -2.21. The number of benzene rings is 1. The molecule has 1 aliphatic carbocycles. The number of ether oxygens (including phenoxy) is 1. The van der Waals surface area contributed by atoms with Gasteiger partial charge >= 0.3 is 0 Å². The second-order valence-corrected chi connectivity index (χ2v) is 7.16. The van der Waals surface area contributed by atoms with Crippen LogP contribution >= 0.6 is 11.8 Å². The van der Waals surface area contributed by atoms with Crippen LogP contribution in [0.3, 0.4) is 0 Å². The van der Waals surface area contributed by atoms with Crippen LogP contribution in [-0.2, 0) is 7.05 Å². The number of thioether (sulfide) groups is 1. The molecule has 0 amide bonds. The molecule has 0 bridgehead atoms. The molecule has 1 unspecified atom stereocenters. The Labute approximate surface area is 141 Å². The largest absolute Gasteiger partial charge is 0.490 e. The van der Waals surface area contributed by atoms with Crippen LogP contribution in [0.2, 0.25) is 0 Å². The van der Waals surface area contributed by atoms with E-state index in [-0.39, 0.29) is 6.61 Å². The van der Waals surface area contributed by atoms with E-state index in [1.54, 1.807) is 0 Å². The lowest BCUT2D eigenvalue weighted by Gasteiger charge is -2.15. The van der Waals surface area contributed by atoms with Crippen molar-refractivity contribution in [3.63, 3.8) is 0 Å². The van der Waals surface area contributed by atoms with Crippen molar-refractivity contribution in [1.29, 1.82) is 0 Å². The van der Waals surface area contributed by atoms with Crippen molar-refractivity contribution in [1.82, 2.24) is 14.8 Å². The molecule has 3 rings (SSSR count). The van der Waals surface area contributed by atoms with Crippen molar-refractivity contribution >= 4 is 11.8 Å². The van der Waals surface area contributed by atoms with E-state index >= 15 is 0 Å². The molecule has 1 atom stereocenters. The van der Waals surface area contributed by atoms with Gasteiger partial charge in [-0.1, -0.05) is 30.0 Å². The second-order valence-electron chi connectivity index (χ2n) is 6.17. The summed E-state index contributed by atoms with van der Waals surface area (Å²) >= 11 is 1.52. The van der Waals surface area contributed by atoms with Crippen LogP contribution in [0, 0.1) is 13.8 Å². The van der Waals surface area contributed by atoms with Gasteiger partial charge in [-0.3, -0.25) is 0 Å². The predicted octanol–water partition coefficient (Wildman–Crippen LogP) is 2.84. The summed E-state index contributed by atoms with van der Waals surface area (Å²) in [6.45, 7) is 4.32. The third-order valence-corrected chi connectivity index (χ3v) is 5.21. The van der Waals surface area contributed by atoms with Crippen LogP contribution in [-0.4, -0.2) is 38.3 Å². The first kappa shape index (κ1) is 16.3. The van der Waals surface area contributed by atoms with Crippen molar-refractivity contribution < 1.29 is 9.84 Å².